The Balaban J connectivity index is 1.93. The molecule has 0 aliphatic carbocycles. The van der Waals surface area contributed by atoms with E-state index in [0.29, 0.717) is 5.92 Å². The third-order valence-corrected chi connectivity index (χ3v) is 4.66. The Kier molecular flexibility index (Phi) is 3.14. The van der Waals surface area contributed by atoms with Gasteiger partial charge in [0, 0.05) is 35.7 Å². The number of piperidine rings is 3. The lowest BCUT2D eigenvalue weighted by atomic mass is 9.85. The molecule has 4 rings (SSSR count). The van der Waals surface area contributed by atoms with Crippen molar-refractivity contribution in [3.05, 3.63) is 34.2 Å². The first-order chi connectivity index (χ1) is 8.24. The normalized spacial score (nSPS) is 30.0. The van der Waals surface area contributed by atoms with E-state index in [2.05, 4.69) is 38.0 Å². The fraction of sp³-hybridized carbons (Fsp3) is 0.462. The molecule has 1 atom stereocenters. The number of halogens is 2. The van der Waals surface area contributed by atoms with Gasteiger partial charge in [0.25, 0.3) is 0 Å². The first kappa shape index (κ1) is 11.5. The van der Waals surface area contributed by atoms with Gasteiger partial charge in [0.05, 0.1) is 5.38 Å². The van der Waals surface area contributed by atoms with Crippen molar-refractivity contribution in [2.75, 3.05) is 13.1 Å². The van der Waals surface area contributed by atoms with E-state index in [4.69, 9.17) is 11.6 Å². The van der Waals surface area contributed by atoms with Crippen LogP contribution in [-0.2, 0) is 0 Å². The highest BCUT2D eigenvalue weighted by Gasteiger charge is 2.36. The van der Waals surface area contributed by atoms with Crippen molar-refractivity contribution in [2.24, 2.45) is 5.92 Å². The summed E-state index contributed by atoms with van der Waals surface area (Å²) in [7, 11) is 0. The Morgan fingerprint density at radius 3 is 2.76 bits per heavy atom. The number of fused-ring (bicyclic) bond motifs is 3. The van der Waals surface area contributed by atoms with E-state index in [1.807, 2.05) is 6.20 Å². The second-order valence-corrected chi connectivity index (χ2v) is 6.12. The summed E-state index contributed by atoms with van der Waals surface area (Å²) >= 11 is 9.97. The molecule has 2 bridgehead atoms. The maximum absolute atomic E-state index is 6.53. The van der Waals surface area contributed by atoms with Gasteiger partial charge in [-0.2, -0.15) is 0 Å². The van der Waals surface area contributed by atoms with E-state index in [1.54, 1.807) is 6.20 Å². The molecule has 4 heteroatoms. The molecule has 0 radical (unpaired) electrons. The predicted molar refractivity (Wildman–Crippen MR) is 73.9 cm³/mol. The molecule has 0 saturated carbocycles. The molecule has 0 amide bonds. The number of alkyl halides is 1. The predicted octanol–water partition coefficient (Wildman–Crippen LogP) is 3.52. The maximum Gasteiger partial charge on any atom is 0.0763 e. The number of rotatable bonds is 1. The number of allylic oxidation sites excluding steroid dienone is 1. The molecule has 0 aromatic carbocycles. The van der Waals surface area contributed by atoms with Crippen LogP contribution in [0.3, 0.4) is 0 Å². The summed E-state index contributed by atoms with van der Waals surface area (Å²) in [5.41, 5.74) is 2.39. The number of aromatic nitrogens is 1. The highest BCUT2D eigenvalue weighted by Crippen LogP contribution is 2.38. The standard InChI is InChI=1S/C13H14BrClN2/c14-11-5-9(7-16-8-11)6-12-13(15)10-1-3-17(12)4-2-10/h5-8,10,13H,1-4H2. The van der Waals surface area contributed by atoms with E-state index in [-0.39, 0.29) is 5.38 Å². The van der Waals surface area contributed by atoms with Crippen molar-refractivity contribution >= 4 is 33.6 Å². The minimum Gasteiger partial charge on any atom is -0.374 e. The molecular weight excluding hydrogens is 300 g/mol. The lowest BCUT2D eigenvalue weighted by Crippen LogP contribution is -2.46. The summed E-state index contributed by atoms with van der Waals surface area (Å²) < 4.78 is 1.01. The van der Waals surface area contributed by atoms with Crippen molar-refractivity contribution in [1.29, 1.82) is 0 Å². The second kappa shape index (κ2) is 4.62. The summed E-state index contributed by atoms with van der Waals surface area (Å²) in [5.74, 6) is 0.660. The van der Waals surface area contributed by atoms with Crippen LogP contribution in [0.15, 0.2) is 28.6 Å². The first-order valence-corrected chi connectivity index (χ1v) is 7.18. The molecule has 0 spiro atoms. The van der Waals surface area contributed by atoms with E-state index in [9.17, 15) is 0 Å². The Morgan fingerprint density at radius 2 is 2.12 bits per heavy atom. The lowest BCUT2D eigenvalue weighted by Gasteiger charge is -2.45. The average Bonchev–Trinajstić information content (AvgIpc) is 2.34. The SMILES string of the molecule is ClC1C(=Cc2cncc(Br)c2)N2CCC1CC2. The van der Waals surface area contributed by atoms with Crippen LogP contribution in [0.1, 0.15) is 18.4 Å². The maximum atomic E-state index is 6.53. The van der Waals surface area contributed by atoms with Crippen molar-refractivity contribution < 1.29 is 0 Å². The quantitative estimate of drug-likeness (QED) is 0.738. The molecule has 1 unspecified atom stereocenters. The molecule has 3 saturated heterocycles. The molecule has 0 N–H and O–H groups in total. The molecule has 1 aromatic rings. The van der Waals surface area contributed by atoms with Gasteiger partial charge in [-0.1, -0.05) is 0 Å². The van der Waals surface area contributed by atoms with E-state index in [0.717, 1.165) is 23.1 Å². The Labute approximate surface area is 115 Å². The fourth-order valence-corrected chi connectivity index (χ4v) is 3.55. The lowest BCUT2D eigenvalue weighted by molar-refractivity contribution is 0.166. The van der Waals surface area contributed by atoms with Gasteiger partial charge >= 0.3 is 0 Å². The van der Waals surface area contributed by atoms with Crippen LogP contribution < -0.4 is 0 Å². The van der Waals surface area contributed by atoms with Gasteiger partial charge in [0.15, 0.2) is 0 Å². The van der Waals surface area contributed by atoms with Crippen molar-refractivity contribution in [3.63, 3.8) is 0 Å². The van der Waals surface area contributed by atoms with Gasteiger partial charge in [-0.25, -0.2) is 0 Å². The van der Waals surface area contributed by atoms with Crippen LogP contribution >= 0.6 is 27.5 Å². The first-order valence-electron chi connectivity index (χ1n) is 5.95. The molecule has 2 nitrogen and oxygen atoms in total. The second-order valence-electron chi connectivity index (χ2n) is 4.73. The minimum absolute atomic E-state index is 0.177. The highest BCUT2D eigenvalue weighted by atomic mass is 79.9. The third kappa shape index (κ3) is 2.23. The Hall–Kier alpha value is -0.540. The molecular formula is C13H14BrClN2. The largest absolute Gasteiger partial charge is 0.374 e. The summed E-state index contributed by atoms with van der Waals surface area (Å²) in [5, 5.41) is 0.177. The molecule has 90 valence electrons. The monoisotopic (exact) mass is 312 g/mol. The van der Waals surface area contributed by atoms with Crippen molar-refractivity contribution in [1.82, 2.24) is 9.88 Å². The van der Waals surface area contributed by atoms with Gasteiger partial charge in [0.1, 0.15) is 0 Å². The molecule has 3 aliphatic rings. The zero-order chi connectivity index (χ0) is 11.8. The average molecular weight is 314 g/mol. The summed E-state index contributed by atoms with van der Waals surface area (Å²) in [6.07, 6.45) is 8.34. The summed E-state index contributed by atoms with van der Waals surface area (Å²) in [4.78, 5) is 6.60. The summed E-state index contributed by atoms with van der Waals surface area (Å²) in [6, 6.07) is 2.08. The molecule has 3 fully saturated rings. The van der Waals surface area contributed by atoms with E-state index < -0.39 is 0 Å². The molecule has 4 heterocycles. The Morgan fingerprint density at radius 1 is 1.35 bits per heavy atom. The number of pyridine rings is 1. The smallest absolute Gasteiger partial charge is 0.0763 e. The highest BCUT2D eigenvalue weighted by molar-refractivity contribution is 9.10. The van der Waals surface area contributed by atoms with Crippen LogP contribution in [0.4, 0.5) is 0 Å². The fourth-order valence-electron chi connectivity index (χ4n) is 2.72. The van der Waals surface area contributed by atoms with E-state index >= 15 is 0 Å². The van der Waals surface area contributed by atoms with Crippen molar-refractivity contribution in [2.45, 2.75) is 18.2 Å². The van der Waals surface area contributed by atoms with Crippen LogP contribution in [0.5, 0.6) is 0 Å². The minimum atomic E-state index is 0.177. The Bertz CT molecular complexity index is 448. The van der Waals surface area contributed by atoms with E-state index in [1.165, 1.54) is 18.5 Å². The van der Waals surface area contributed by atoms with Gasteiger partial charge in [-0.3, -0.25) is 4.98 Å². The topological polar surface area (TPSA) is 16.1 Å². The number of nitrogens with zero attached hydrogens (tertiary/aromatic N) is 2. The number of hydrogen-bond donors (Lipinski definition) is 0. The molecule has 3 aliphatic heterocycles. The molecule has 1 aromatic heterocycles. The van der Waals surface area contributed by atoms with Crippen LogP contribution in [0.25, 0.3) is 6.08 Å². The summed E-state index contributed by atoms with van der Waals surface area (Å²) in [6.45, 7) is 2.31. The number of hydrogen-bond acceptors (Lipinski definition) is 2. The van der Waals surface area contributed by atoms with Crippen molar-refractivity contribution in [3.8, 4) is 0 Å². The van der Waals surface area contributed by atoms with Gasteiger partial charge in [-0.15, -0.1) is 11.6 Å². The van der Waals surface area contributed by atoms with Gasteiger partial charge in [0.2, 0.25) is 0 Å². The van der Waals surface area contributed by atoms with Crippen LogP contribution in [-0.4, -0.2) is 28.4 Å². The van der Waals surface area contributed by atoms with Gasteiger partial charge in [-0.05, 0) is 52.4 Å². The zero-order valence-electron chi connectivity index (χ0n) is 9.44. The van der Waals surface area contributed by atoms with Crippen LogP contribution in [0, 0.1) is 5.92 Å². The molecule has 17 heavy (non-hydrogen) atoms. The van der Waals surface area contributed by atoms with Gasteiger partial charge < -0.3 is 4.90 Å². The van der Waals surface area contributed by atoms with Crippen LogP contribution in [0.2, 0.25) is 0 Å². The third-order valence-electron chi connectivity index (χ3n) is 3.64. The zero-order valence-corrected chi connectivity index (χ0v) is 11.8.